The lowest BCUT2D eigenvalue weighted by Gasteiger charge is -2.09. The van der Waals surface area contributed by atoms with Crippen LogP contribution in [0.5, 0.6) is 0 Å². The Morgan fingerprint density at radius 3 is 1.65 bits per heavy atom. The lowest BCUT2D eigenvalue weighted by Crippen LogP contribution is -2.00. The summed E-state index contributed by atoms with van der Waals surface area (Å²) in [5.41, 5.74) is 8.24. The molecule has 0 radical (unpaired) electrons. The first-order chi connectivity index (χ1) is 23.8. The molecule has 0 aliphatic rings. The number of fused-ring (bicyclic) bond motifs is 8. The second kappa shape index (κ2) is 10.5. The van der Waals surface area contributed by atoms with Gasteiger partial charge >= 0.3 is 0 Å². The van der Waals surface area contributed by atoms with Crippen LogP contribution in [0.3, 0.4) is 0 Å². The van der Waals surface area contributed by atoms with Crippen LogP contribution in [0, 0.1) is 0 Å². The van der Waals surface area contributed by atoms with Crippen molar-refractivity contribution in [1.29, 1.82) is 0 Å². The number of nitrogens with zero attached hydrogens (tertiary/aromatic N) is 3. The van der Waals surface area contributed by atoms with Crippen LogP contribution >= 0.6 is 0 Å². The van der Waals surface area contributed by atoms with E-state index in [1.54, 1.807) is 0 Å². The molecule has 0 amide bonds. The van der Waals surface area contributed by atoms with Gasteiger partial charge in [-0.05, 0) is 52.2 Å². The van der Waals surface area contributed by atoms with Crippen LogP contribution in [0.15, 0.2) is 160 Å². The van der Waals surface area contributed by atoms with Crippen molar-refractivity contribution in [3.8, 4) is 45.3 Å². The van der Waals surface area contributed by atoms with Gasteiger partial charge in [-0.3, -0.25) is 0 Å². The van der Waals surface area contributed by atoms with Crippen molar-refractivity contribution < 1.29 is 8.83 Å². The molecule has 3 heterocycles. The molecular formula is C43H25N3O2. The van der Waals surface area contributed by atoms with Gasteiger partial charge in [0.2, 0.25) is 0 Å². The summed E-state index contributed by atoms with van der Waals surface area (Å²) < 4.78 is 12.9. The Bertz CT molecular complexity index is 2780. The molecule has 0 spiro atoms. The van der Waals surface area contributed by atoms with Gasteiger partial charge in [-0.15, -0.1) is 0 Å². The van der Waals surface area contributed by atoms with Crippen molar-refractivity contribution in [2.75, 3.05) is 0 Å². The molecule has 0 fully saturated rings. The Hall–Kier alpha value is -6.59. The van der Waals surface area contributed by atoms with Gasteiger partial charge in [0.15, 0.2) is 17.5 Å². The minimum Gasteiger partial charge on any atom is -0.456 e. The van der Waals surface area contributed by atoms with E-state index in [9.17, 15) is 0 Å². The Morgan fingerprint density at radius 2 is 0.896 bits per heavy atom. The normalized spacial score (nSPS) is 11.8. The van der Waals surface area contributed by atoms with Crippen LogP contribution in [0.25, 0.3) is 99.9 Å². The molecule has 0 saturated heterocycles. The highest BCUT2D eigenvalue weighted by molar-refractivity contribution is 6.22. The fourth-order valence-corrected chi connectivity index (χ4v) is 6.94. The number of rotatable bonds is 4. The van der Waals surface area contributed by atoms with Crippen molar-refractivity contribution >= 4 is 54.6 Å². The average Bonchev–Trinajstić information content (AvgIpc) is 3.73. The summed E-state index contributed by atoms with van der Waals surface area (Å²) in [5, 5.41) is 6.57. The molecule has 3 aromatic heterocycles. The van der Waals surface area contributed by atoms with E-state index >= 15 is 0 Å². The number of aromatic nitrogens is 3. The summed E-state index contributed by atoms with van der Waals surface area (Å²) in [6.45, 7) is 0. The van der Waals surface area contributed by atoms with E-state index in [1.165, 1.54) is 10.8 Å². The maximum atomic E-state index is 6.56. The molecule has 224 valence electrons. The standard InChI is InChI=1S/C43H25N3O2/c1-3-12-26(13-4-1)41-44-42(27-14-5-2-6-15-27)46-43(45-41)33-19-11-21-36-40(33)32-23-22-28(24-37(32)48-36)34-25-38-39(30-17-8-7-16-29(30)34)31-18-9-10-20-35(31)47-38/h1-25H. The van der Waals surface area contributed by atoms with E-state index in [-0.39, 0.29) is 0 Å². The highest BCUT2D eigenvalue weighted by Gasteiger charge is 2.19. The molecule has 10 aromatic rings. The minimum atomic E-state index is 0.599. The monoisotopic (exact) mass is 615 g/mol. The average molecular weight is 616 g/mol. The predicted molar refractivity (Wildman–Crippen MR) is 194 cm³/mol. The van der Waals surface area contributed by atoms with Crippen molar-refractivity contribution in [3.63, 3.8) is 0 Å². The van der Waals surface area contributed by atoms with Crippen LogP contribution in [-0.4, -0.2) is 15.0 Å². The SMILES string of the molecule is c1ccc(-c2nc(-c3ccccc3)nc(-c3cccc4oc5cc(-c6cc7oc8ccccc8c7c7ccccc67)ccc5c34)n2)cc1. The van der Waals surface area contributed by atoms with Crippen molar-refractivity contribution in [3.05, 3.63) is 152 Å². The number of furan rings is 2. The molecule has 0 unspecified atom stereocenters. The Kier molecular flexibility index (Phi) is 5.81. The summed E-state index contributed by atoms with van der Waals surface area (Å²) in [4.78, 5) is 14.9. The van der Waals surface area contributed by atoms with Crippen molar-refractivity contribution in [2.24, 2.45) is 0 Å². The molecule has 5 nitrogen and oxygen atoms in total. The lowest BCUT2D eigenvalue weighted by atomic mass is 9.94. The van der Waals surface area contributed by atoms with E-state index in [0.717, 1.165) is 71.7 Å². The summed E-state index contributed by atoms with van der Waals surface area (Å²) in [6.07, 6.45) is 0. The predicted octanol–water partition coefficient (Wildman–Crippen LogP) is 11.5. The van der Waals surface area contributed by atoms with Gasteiger partial charge < -0.3 is 8.83 Å². The third-order valence-corrected chi connectivity index (χ3v) is 9.13. The summed E-state index contributed by atoms with van der Waals surface area (Å²) in [7, 11) is 0. The van der Waals surface area contributed by atoms with Gasteiger partial charge in [-0.25, -0.2) is 15.0 Å². The zero-order valence-corrected chi connectivity index (χ0v) is 25.6. The molecule has 7 aromatic carbocycles. The number of hydrogen-bond donors (Lipinski definition) is 0. The van der Waals surface area contributed by atoms with Gasteiger partial charge in [0.1, 0.15) is 22.3 Å². The van der Waals surface area contributed by atoms with Crippen LogP contribution in [0.1, 0.15) is 0 Å². The Labute approximate surface area is 274 Å². The van der Waals surface area contributed by atoms with E-state index in [4.69, 9.17) is 23.8 Å². The summed E-state index contributed by atoms with van der Waals surface area (Å²) >= 11 is 0. The largest absolute Gasteiger partial charge is 0.456 e. The van der Waals surface area contributed by atoms with Gasteiger partial charge in [0.25, 0.3) is 0 Å². The van der Waals surface area contributed by atoms with E-state index in [1.807, 2.05) is 84.9 Å². The third kappa shape index (κ3) is 4.15. The summed E-state index contributed by atoms with van der Waals surface area (Å²) in [6, 6.07) is 51.5. The van der Waals surface area contributed by atoms with Gasteiger partial charge in [0.05, 0.1) is 0 Å². The molecule has 0 aliphatic heterocycles. The Morgan fingerprint density at radius 1 is 0.312 bits per heavy atom. The fourth-order valence-electron chi connectivity index (χ4n) is 6.94. The highest BCUT2D eigenvalue weighted by atomic mass is 16.3. The maximum absolute atomic E-state index is 6.56. The minimum absolute atomic E-state index is 0.599. The molecule has 0 saturated carbocycles. The second-order valence-electron chi connectivity index (χ2n) is 12.0. The van der Waals surface area contributed by atoms with E-state index in [0.29, 0.717) is 17.5 Å². The van der Waals surface area contributed by atoms with Gasteiger partial charge in [-0.1, -0.05) is 121 Å². The number of hydrogen-bond acceptors (Lipinski definition) is 5. The zero-order chi connectivity index (χ0) is 31.6. The second-order valence-corrected chi connectivity index (χ2v) is 12.0. The highest BCUT2D eigenvalue weighted by Crippen LogP contribution is 2.42. The number of para-hydroxylation sites is 1. The van der Waals surface area contributed by atoms with E-state index < -0.39 is 0 Å². The molecule has 0 N–H and O–H groups in total. The van der Waals surface area contributed by atoms with Gasteiger partial charge in [-0.2, -0.15) is 0 Å². The van der Waals surface area contributed by atoms with Crippen molar-refractivity contribution in [2.45, 2.75) is 0 Å². The zero-order valence-electron chi connectivity index (χ0n) is 25.6. The molecule has 0 bridgehead atoms. The van der Waals surface area contributed by atoms with Crippen LogP contribution in [-0.2, 0) is 0 Å². The molecule has 0 aliphatic carbocycles. The van der Waals surface area contributed by atoms with Crippen molar-refractivity contribution in [1.82, 2.24) is 15.0 Å². The first-order valence-electron chi connectivity index (χ1n) is 15.9. The molecular weight excluding hydrogens is 590 g/mol. The molecule has 48 heavy (non-hydrogen) atoms. The quantitative estimate of drug-likeness (QED) is 0.197. The van der Waals surface area contributed by atoms with Crippen LogP contribution < -0.4 is 0 Å². The maximum Gasteiger partial charge on any atom is 0.164 e. The smallest absolute Gasteiger partial charge is 0.164 e. The summed E-state index contributed by atoms with van der Waals surface area (Å²) in [5.74, 6) is 1.85. The van der Waals surface area contributed by atoms with Gasteiger partial charge in [0, 0.05) is 38.2 Å². The van der Waals surface area contributed by atoms with Crippen LogP contribution in [0.4, 0.5) is 0 Å². The molecule has 0 atom stereocenters. The van der Waals surface area contributed by atoms with E-state index in [2.05, 4.69) is 66.7 Å². The molecule has 10 rings (SSSR count). The first-order valence-corrected chi connectivity index (χ1v) is 15.9. The number of benzene rings is 7. The fraction of sp³-hybridized carbons (Fsp3) is 0. The lowest BCUT2D eigenvalue weighted by molar-refractivity contribution is 0.668. The first kappa shape index (κ1) is 26.6. The third-order valence-electron chi connectivity index (χ3n) is 9.13. The Balaban J connectivity index is 1.18. The topological polar surface area (TPSA) is 65.0 Å². The van der Waals surface area contributed by atoms with Crippen LogP contribution in [0.2, 0.25) is 0 Å². The molecule has 5 heteroatoms.